The first-order valence-corrected chi connectivity index (χ1v) is 19.2. The molecule has 11 aromatic rings. The summed E-state index contributed by atoms with van der Waals surface area (Å²) < 4.78 is 6.89. The maximum absolute atomic E-state index is 6.89. The lowest BCUT2D eigenvalue weighted by Crippen LogP contribution is -2.11. The van der Waals surface area contributed by atoms with Gasteiger partial charge in [-0.15, -0.1) is 0 Å². The highest BCUT2D eigenvalue weighted by molar-refractivity contribution is 6.20. The summed E-state index contributed by atoms with van der Waals surface area (Å²) in [6, 6.07) is 76.5. The Morgan fingerprint density at radius 2 is 0.946 bits per heavy atom. The molecule has 11 rings (SSSR count). The Kier molecular flexibility index (Phi) is 7.53. The summed E-state index contributed by atoms with van der Waals surface area (Å²) in [6.45, 7) is 0. The highest BCUT2D eigenvalue weighted by atomic mass is 16.3. The van der Waals surface area contributed by atoms with Crippen LogP contribution in [0.3, 0.4) is 0 Å². The van der Waals surface area contributed by atoms with Crippen LogP contribution < -0.4 is 4.90 Å². The molecule has 0 aliphatic rings. The number of hydrogen-bond donors (Lipinski definition) is 0. The molecule has 2 nitrogen and oxygen atoms in total. The summed E-state index contributed by atoms with van der Waals surface area (Å²) in [5, 5.41) is 9.43. The first-order chi connectivity index (χ1) is 27.8. The van der Waals surface area contributed by atoms with E-state index in [2.05, 4.69) is 217 Å². The number of fused-ring (bicyclic) bond motifs is 7. The van der Waals surface area contributed by atoms with E-state index in [1.165, 1.54) is 49.0 Å². The monoisotopic (exact) mass is 713 g/mol. The molecule has 0 amide bonds. The van der Waals surface area contributed by atoms with E-state index in [4.69, 9.17) is 4.42 Å². The Labute approximate surface area is 325 Å². The summed E-state index contributed by atoms with van der Waals surface area (Å²) in [4.78, 5) is 2.45. The van der Waals surface area contributed by atoms with Gasteiger partial charge in [-0.1, -0.05) is 164 Å². The van der Waals surface area contributed by atoms with Crippen molar-refractivity contribution in [3.05, 3.63) is 212 Å². The van der Waals surface area contributed by atoms with Gasteiger partial charge in [-0.3, -0.25) is 0 Å². The van der Waals surface area contributed by atoms with Gasteiger partial charge in [0.2, 0.25) is 0 Å². The van der Waals surface area contributed by atoms with Crippen LogP contribution in [-0.4, -0.2) is 0 Å². The normalized spacial score (nSPS) is 11.6. The lowest BCUT2D eigenvalue weighted by atomic mass is 9.95. The van der Waals surface area contributed by atoms with Crippen molar-refractivity contribution >= 4 is 71.3 Å². The van der Waals surface area contributed by atoms with Gasteiger partial charge in [-0.05, 0) is 103 Å². The highest BCUT2D eigenvalue weighted by Gasteiger charge is 2.24. The van der Waals surface area contributed by atoms with Gasteiger partial charge < -0.3 is 9.32 Å². The van der Waals surface area contributed by atoms with Crippen LogP contribution in [-0.2, 0) is 0 Å². The Balaban J connectivity index is 1.19. The third-order valence-corrected chi connectivity index (χ3v) is 11.2. The van der Waals surface area contributed by atoms with Crippen molar-refractivity contribution in [1.82, 2.24) is 0 Å². The minimum Gasteiger partial charge on any atom is -0.455 e. The van der Waals surface area contributed by atoms with Crippen molar-refractivity contribution < 1.29 is 4.42 Å². The molecular formula is C54H35NO. The fraction of sp³-hybridized carbons (Fsp3) is 0. The molecule has 2 heteroatoms. The zero-order valence-electron chi connectivity index (χ0n) is 30.6. The molecule has 1 aromatic heterocycles. The van der Waals surface area contributed by atoms with E-state index in [9.17, 15) is 0 Å². The van der Waals surface area contributed by atoms with E-state index >= 15 is 0 Å². The molecule has 56 heavy (non-hydrogen) atoms. The number of para-hydroxylation sites is 1. The van der Waals surface area contributed by atoms with Gasteiger partial charge in [0, 0.05) is 22.0 Å². The minimum absolute atomic E-state index is 0.867. The molecule has 262 valence electrons. The van der Waals surface area contributed by atoms with Crippen molar-refractivity contribution in [2.45, 2.75) is 0 Å². The number of benzene rings is 10. The molecule has 0 N–H and O–H groups in total. The van der Waals surface area contributed by atoms with Crippen molar-refractivity contribution in [3.8, 4) is 33.4 Å². The smallest absolute Gasteiger partial charge is 0.145 e. The molecule has 0 fully saturated rings. The molecule has 0 unspecified atom stereocenters. The predicted molar refractivity (Wildman–Crippen MR) is 237 cm³/mol. The quantitative estimate of drug-likeness (QED) is 0.160. The molecule has 0 atom stereocenters. The van der Waals surface area contributed by atoms with Gasteiger partial charge in [-0.2, -0.15) is 0 Å². The molecule has 1 heterocycles. The Morgan fingerprint density at radius 3 is 1.79 bits per heavy atom. The van der Waals surface area contributed by atoms with Crippen LogP contribution >= 0.6 is 0 Å². The van der Waals surface area contributed by atoms with Crippen molar-refractivity contribution in [1.29, 1.82) is 0 Å². The summed E-state index contributed by atoms with van der Waals surface area (Å²) in [7, 11) is 0. The van der Waals surface area contributed by atoms with Crippen LogP contribution in [0.4, 0.5) is 17.1 Å². The standard InChI is InChI=1S/C54H35NO/c1-2-14-36(15-3-1)39-19-12-20-40(32-39)41-21-13-22-44(34-41)55(51-35-42-18-6-7-23-45(42)47-24-8-9-25-48(47)51)50-31-30-46(43-29-28-37-16-4-5-17-38(37)33-43)54-53(50)49-26-10-11-27-52(49)56-54/h1-35H. The number of hydrogen-bond acceptors (Lipinski definition) is 2. The Morgan fingerprint density at radius 1 is 0.321 bits per heavy atom. The number of rotatable bonds is 6. The number of furan rings is 1. The van der Waals surface area contributed by atoms with Crippen LogP contribution in [0.25, 0.3) is 87.6 Å². The van der Waals surface area contributed by atoms with Gasteiger partial charge in [-0.25, -0.2) is 0 Å². The van der Waals surface area contributed by atoms with Gasteiger partial charge in [0.25, 0.3) is 0 Å². The van der Waals surface area contributed by atoms with Gasteiger partial charge in [0.05, 0.1) is 16.8 Å². The van der Waals surface area contributed by atoms with Gasteiger partial charge in [0.1, 0.15) is 11.2 Å². The molecule has 0 aliphatic carbocycles. The van der Waals surface area contributed by atoms with E-state index in [0.717, 1.165) is 55.7 Å². The first-order valence-electron chi connectivity index (χ1n) is 19.2. The van der Waals surface area contributed by atoms with Gasteiger partial charge in [0.15, 0.2) is 0 Å². The lowest BCUT2D eigenvalue weighted by molar-refractivity contribution is 0.670. The van der Waals surface area contributed by atoms with Crippen molar-refractivity contribution in [2.75, 3.05) is 4.90 Å². The zero-order valence-corrected chi connectivity index (χ0v) is 30.6. The minimum atomic E-state index is 0.867. The van der Waals surface area contributed by atoms with E-state index in [1.807, 2.05) is 0 Å². The SMILES string of the molecule is c1ccc(-c2cccc(-c3cccc(N(c4cc5ccccc5c5ccccc45)c4ccc(-c5ccc6ccccc6c5)c5oc6ccccc6c45)c3)c2)cc1. The zero-order chi connectivity index (χ0) is 37.0. The Hall–Kier alpha value is -7.42. The average Bonchev–Trinajstić information content (AvgIpc) is 3.67. The Bertz CT molecular complexity index is 3270. The topological polar surface area (TPSA) is 16.4 Å². The third kappa shape index (κ3) is 5.34. The summed E-state index contributed by atoms with van der Waals surface area (Å²) in [5.74, 6) is 0. The first kappa shape index (κ1) is 32.0. The van der Waals surface area contributed by atoms with Crippen LogP contribution in [0.1, 0.15) is 0 Å². The summed E-state index contributed by atoms with van der Waals surface area (Å²) in [5.41, 5.74) is 11.9. The fourth-order valence-corrected chi connectivity index (χ4v) is 8.54. The van der Waals surface area contributed by atoms with Crippen molar-refractivity contribution in [2.24, 2.45) is 0 Å². The van der Waals surface area contributed by atoms with Crippen LogP contribution in [0.15, 0.2) is 217 Å². The number of nitrogens with zero attached hydrogens (tertiary/aromatic N) is 1. The molecule has 0 spiro atoms. The molecule has 0 radical (unpaired) electrons. The van der Waals surface area contributed by atoms with Crippen LogP contribution in [0.2, 0.25) is 0 Å². The molecule has 0 saturated heterocycles. The summed E-state index contributed by atoms with van der Waals surface area (Å²) in [6.07, 6.45) is 0. The van der Waals surface area contributed by atoms with E-state index < -0.39 is 0 Å². The second kappa shape index (κ2) is 13.2. The average molecular weight is 714 g/mol. The van der Waals surface area contributed by atoms with E-state index in [0.29, 0.717) is 0 Å². The van der Waals surface area contributed by atoms with Gasteiger partial charge >= 0.3 is 0 Å². The second-order valence-electron chi connectivity index (χ2n) is 14.5. The highest BCUT2D eigenvalue weighted by Crippen LogP contribution is 2.49. The van der Waals surface area contributed by atoms with Crippen molar-refractivity contribution in [3.63, 3.8) is 0 Å². The molecule has 0 aliphatic heterocycles. The summed E-state index contributed by atoms with van der Waals surface area (Å²) >= 11 is 0. The number of anilines is 3. The molecule has 0 saturated carbocycles. The fourth-order valence-electron chi connectivity index (χ4n) is 8.54. The molecule has 10 aromatic carbocycles. The van der Waals surface area contributed by atoms with E-state index in [-0.39, 0.29) is 0 Å². The lowest BCUT2D eigenvalue weighted by Gasteiger charge is -2.29. The third-order valence-electron chi connectivity index (χ3n) is 11.2. The van der Waals surface area contributed by atoms with Crippen LogP contribution in [0.5, 0.6) is 0 Å². The molecule has 0 bridgehead atoms. The van der Waals surface area contributed by atoms with E-state index in [1.54, 1.807) is 0 Å². The predicted octanol–water partition coefficient (Wildman–Crippen LogP) is 15.5. The van der Waals surface area contributed by atoms with Crippen LogP contribution in [0, 0.1) is 0 Å². The maximum Gasteiger partial charge on any atom is 0.145 e. The molecular weight excluding hydrogens is 679 g/mol. The second-order valence-corrected chi connectivity index (χ2v) is 14.5. The largest absolute Gasteiger partial charge is 0.455 e. The maximum atomic E-state index is 6.89.